The summed E-state index contributed by atoms with van der Waals surface area (Å²) in [7, 11) is 0. The van der Waals surface area contributed by atoms with Gasteiger partial charge in [0.05, 0.1) is 13.0 Å². The predicted octanol–water partition coefficient (Wildman–Crippen LogP) is 3.81. The molecule has 2 amide bonds. The highest BCUT2D eigenvalue weighted by Crippen LogP contribution is 2.22. The van der Waals surface area contributed by atoms with E-state index in [9.17, 15) is 9.59 Å². The van der Waals surface area contributed by atoms with Crippen LogP contribution in [0.2, 0.25) is 0 Å². The molecule has 0 aliphatic carbocycles. The highest BCUT2D eigenvalue weighted by Gasteiger charge is 2.23. The monoisotopic (exact) mass is 408 g/mol. The molecule has 1 fully saturated rings. The maximum Gasteiger partial charge on any atom is 0.226 e. The van der Waals surface area contributed by atoms with Crippen molar-refractivity contribution < 1.29 is 14.3 Å². The molecule has 0 saturated carbocycles. The molecule has 0 bridgehead atoms. The van der Waals surface area contributed by atoms with E-state index in [1.807, 2.05) is 67.3 Å². The number of rotatable bonds is 8. The van der Waals surface area contributed by atoms with Gasteiger partial charge in [-0.15, -0.1) is 0 Å². The van der Waals surface area contributed by atoms with Crippen molar-refractivity contribution in [2.75, 3.05) is 19.7 Å². The highest BCUT2D eigenvalue weighted by atomic mass is 16.5. The van der Waals surface area contributed by atoms with Crippen molar-refractivity contribution in [1.82, 2.24) is 10.2 Å². The molecule has 0 radical (unpaired) electrons. The van der Waals surface area contributed by atoms with Crippen LogP contribution in [0.15, 0.2) is 48.5 Å². The first-order valence-electron chi connectivity index (χ1n) is 10.8. The van der Waals surface area contributed by atoms with Crippen LogP contribution in [0.3, 0.4) is 0 Å². The summed E-state index contributed by atoms with van der Waals surface area (Å²) in [6.45, 7) is 6.00. The predicted molar refractivity (Wildman–Crippen MR) is 119 cm³/mol. The fraction of sp³-hybridized carbons (Fsp3) is 0.440. The van der Waals surface area contributed by atoms with Gasteiger partial charge in [-0.25, -0.2) is 0 Å². The lowest BCUT2D eigenvalue weighted by molar-refractivity contribution is -0.131. The van der Waals surface area contributed by atoms with E-state index in [-0.39, 0.29) is 17.9 Å². The molecule has 3 rings (SSSR count). The number of ether oxygens (including phenoxy) is 1. The van der Waals surface area contributed by atoms with Crippen LogP contribution in [0.5, 0.6) is 5.75 Å². The lowest BCUT2D eigenvalue weighted by Crippen LogP contribution is -2.47. The van der Waals surface area contributed by atoms with E-state index in [0.29, 0.717) is 39.0 Å². The molecule has 1 aliphatic rings. The Labute approximate surface area is 179 Å². The van der Waals surface area contributed by atoms with Crippen molar-refractivity contribution in [3.63, 3.8) is 0 Å². The Morgan fingerprint density at radius 2 is 1.67 bits per heavy atom. The molecule has 0 spiro atoms. The van der Waals surface area contributed by atoms with Crippen LogP contribution in [0.25, 0.3) is 0 Å². The van der Waals surface area contributed by atoms with Crippen LogP contribution in [0.4, 0.5) is 0 Å². The summed E-state index contributed by atoms with van der Waals surface area (Å²) in [5.74, 6) is 1.15. The number of nitrogens with one attached hydrogen (secondary N) is 1. The molecule has 0 aromatic heterocycles. The van der Waals surface area contributed by atoms with Crippen molar-refractivity contribution in [2.24, 2.45) is 0 Å². The van der Waals surface area contributed by atoms with Crippen molar-refractivity contribution in [3.8, 4) is 5.75 Å². The average Bonchev–Trinajstić information content (AvgIpc) is 2.74. The number of hydrogen-bond donors (Lipinski definition) is 1. The SMILES string of the molecule is Cc1cccc(C)c1OCCCC(=O)NC1CCN(C(=O)Cc2ccccc2)CC1. The number of nitrogens with zero attached hydrogens (tertiary/aromatic N) is 1. The Balaban J connectivity index is 1.32. The number of hydrogen-bond acceptors (Lipinski definition) is 3. The number of carbonyl (C=O) groups excluding carboxylic acids is 2. The second kappa shape index (κ2) is 10.8. The summed E-state index contributed by atoms with van der Waals surface area (Å²) in [4.78, 5) is 26.6. The van der Waals surface area contributed by atoms with E-state index in [1.54, 1.807) is 0 Å². The molecule has 0 atom stereocenters. The largest absolute Gasteiger partial charge is 0.493 e. The fourth-order valence-corrected chi connectivity index (χ4v) is 3.89. The molecular formula is C25H32N2O3. The van der Waals surface area contributed by atoms with Gasteiger partial charge in [-0.2, -0.15) is 0 Å². The zero-order chi connectivity index (χ0) is 21.3. The highest BCUT2D eigenvalue weighted by molar-refractivity contribution is 5.79. The zero-order valence-electron chi connectivity index (χ0n) is 18.0. The maximum atomic E-state index is 12.5. The molecular weight excluding hydrogens is 376 g/mol. The molecule has 30 heavy (non-hydrogen) atoms. The number of amides is 2. The van der Waals surface area contributed by atoms with Gasteiger partial charge in [-0.05, 0) is 49.8 Å². The van der Waals surface area contributed by atoms with Crippen molar-refractivity contribution in [3.05, 3.63) is 65.2 Å². The lowest BCUT2D eigenvalue weighted by Gasteiger charge is -2.32. The smallest absolute Gasteiger partial charge is 0.226 e. The van der Waals surface area contributed by atoms with Crippen LogP contribution >= 0.6 is 0 Å². The van der Waals surface area contributed by atoms with Crippen LogP contribution in [-0.4, -0.2) is 42.5 Å². The number of carbonyl (C=O) groups is 2. The third-order valence-electron chi connectivity index (χ3n) is 5.61. The van der Waals surface area contributed by atoms with Gasteiger partial charge in [0.25, 0.3) is 0 Å². The normalized spacial score (nSPS) is 14.4. The van der Waals surface area contributed by atoms with Crippen LogP contribution in [0, 0.1) is 13.8 Å². The molecule has 1 N–H and O–H groups in total. The van der Waals surface area contributed by atoms with E-state index >= 15 is 0 Å². The zero-order valence-corrected chi connectivity index (χ0v) is 18.0. The van der Waals surface area contributed by atoms with Crippen LogP contribution in [0.1, 0.15) is 42.4 Å². The Morgan fingerprint density at radius 3 is 2.33 bits per heavy atom. The van der Waals surface area contributed by atoms with Gasteiger partial charge >= 0.3 is 0 Å². The van der Waals surface area contributed by atoms with Crippen LogP contribution < -0.4 is 10.1 Å². The van der Waals surface area contributed by atoms with E-state index in [1.165, 1.54) is 0 Å². The Hall–Kier alpha value is -2.82. The molecule has 1 aliphatic heterocycles. The first-order valence-corrected chi connectivity index (χ1v) is 10.8. The summed E-state index contributed by atoms with van der Waals surface area (Å²) in [5.41, 5.74) is 3.28. The molecule has 0 unspecified atom stereocenters. The quantitative estimate of drug-likeness (QED) is 0.676. The molecule has 2 aromatic carbocycles. The fourth-order valence-electron chi connectivity index (χ4n) is 3.89. The molecule has 5 nitrogen and oxygen atoms in total. The number of piperidine rings is 1. The molecule has 1 heterocycles. The topological polar surface area (TPSA) is 58.6 Å². The van der Waals surface area contributed by atoms with Gasteiger partial charge in [0.1, 0.15) is 5.75 Å². The Bertz CT molecular complexity index is 822. The Morgan fingerprint density at radius 1 is 1.00 bits per heavy atom. The molecule has 160 valence electrons. The first kappa shape index (κ1) is 21.9. The molecule has 1 saturated heterocycles. The number of likely N-dealkylation sites (tertiary alicyclic amines) is 1. The minimum absolute atomic E-state index is 0.0640. The van der Waals surface area contributed by atoms with Gasteiger partial charge < -0.3 is 15.0 Å². The minimum Gasteiger partial charge on any atom is -0.493 e. The van der Waals surface area contributed by atoms with Crippen molar-refractivity contribution >= 4 is 11.8 Å². The molecule has 2 aromatic rings. The van der Waals surface area contributed by atoms with E-state index in [4.69, 9.17) is 4.74 Å². The summed E-state index contributed by atoms with van der Waals surface area (Å²) < 4.78 is 5.87. The Kier molecular flexibility index (Phi) is 7.89. The van der Waals surface area contributed by atoms with Crippen molar-refractivity contribution in [1.29, 1.82) is 0 Å². The number of benzene rings is 2. The lowest BCUT2D eigenvalue weighted by atomic mass is 10.0. The maximum absolute atomic E-state index is 12.5. The summed E-state index contributed by atoms with van der Waals surface area (Å²) in [5, 5.41) is 3.12. The first-order chi connectivity index (χ1) is 14.5. The van der Waals surface area contributed by atoms with Gasteiger partial charge in [0.15, 0.2) is 0 Å². The summed E-state index contributed by atoms with van der Waals surface area (Å²) >= 11 is 0. The van der Waals surface area contributed by atoms with Gasteiger partial charge in [0, 0.05) is 25.6 Å². The van der Waals surface area contributed by atoms with Gasteiger partial charge in [-0.1, -0.05) is 48.5 Å². The third-order valence-corrected chi connectivity index (χ3v) is 5.61. The number of aryl methyl sites for hydroxylation is 2. The summed E-state index contributed by atoms with van der Waals surface area (Å²) in [6, 6.07) is 16.1. The van der Waals surface area contributed by atoms with E-state index in [0.717, 1.165) is 35.3 Å². The second-order valence-electron chi connectivity index (χ2n) is 8.06. The van der Waals surface area contributed by atoms with Crippen LogP contribution in [-0.2, 0) is 16.0 Å². The standard InChI is InChI=1S/C25H32N2O3/c1-19-8-6-9-20(2)25(19)30-17-7-12-23(28)26-22-13-15-27(16-14-22)24(29)18-21-10-4-3-5-11-21/h3-6,8-11,22H,7,12-18H2,1-2H3,(H,26,28). The van der Waals surface area contributed by atoms with Crippen molar-refractivity contribution in [2.45, 2.75) is 52.0 Å². The van der Waals surface area contributed by atoms with Gasteiger partial charge in [-0.3, -0.25) is 9.59 Å². The third kappa shape index (κ3) is 6.34. The van der Waals surface area contributed by atoms with E-state index < -0.39 is 0 Å². The second-order valence-corrected chi connectivity index (χ2v) is 8.06. The number of para-hydroxylation sites is 1. The summed E-state index contributed by atoms with van der Waals surface area (Å²) in [6.07, 6.45) is 3.21. The minimum atomic E-state index is 0.0640. The van der Waals surface area contributed by atoms with Gasteiger partial charge in [0.2, 0.25) is 11.8 Å². The average molecular weight is 409 g/mol. The molecule has 5 heteroatoms. The van der Waals surface area contributed by atoms with E-state index in [2.05, 4.69) is 5.32 Å².